The standard InChI is InChI=1S/C12H10ClN3S/c13-11-6-5-8(17-11)7-16-10-4-2-1-3-9(10)15-12(16)14/h1-6H,7H2,(H2,14,15). The second-order valence-corrected chi connectivity index (χ2v) is 5.55. The van der Waals surface area contributed by atoms with Gasteiger partial charge in [-0.2, -0.15) is 0 Å². The zero-order valence-electron chi connectivity index (χ0n) is 8.93. The lowest BCUT2D eigenvalue weighted by Gasteiger charge is -2.03. The topological polar surface area (TPSA) is 43.8 Å². The predicted molar refractivity (Wildman–Crippen MR) is 72.6 cm³/mol. The van der Waals surface area contributed by atoms with Crippen LogP contribution in [0.1, 0.15) is 4.88 Å². The molecule has 1 aromatic carbocycles. The summed E-state index contributed by atoms with van der Waals surface area (Å²) in [7, 11) is 0. The Hall–Kier alpha value is -1.52. The summed E-state index contributed by atoms with van der Waals surface area (Å²) in [4.78, 5) is 5.50. The molecule has 2 aromatic heterocycles. The first-order chi connectivity index (χ1) is 8.24. The van der Waals surface area contributed by atoms with E-state index in [0.29, 0.717) is 12.5 Å². The number of para-hydroxylation sites is 2. The molecule has 86 valence electrons. The molecule has 0 saturated carbocycles. The average Bonchev–Trinajstić information content (AvgIpc) is 2.85. The van der Waals surface area contributed by atoms with Crippen LogP contribution in [0.15, 0.2) is 36.4 Å². The summed E-state index contributed by atoms with van der Waals surface area (Å²) in [5.41, 5.74) is 7.91. The number of aromatic nitrogens is 2. The maximum atomic E-state index is 5.93. The van der Waals surface area contributed by atoms with E-state index >= 15 is 0 Å². The summed E-state index contributed by atoms with van der Waals surface area (Å²) in [6.07, 6.45) is 0. The molecule has 5 heteroatoms. The van der Waals surface area contributed by atoms with E-state index < -0.39 is 0 Å². The van der Waals surface area contributed by atoms with Crippen LogP contribution in [-0.4, -0.2) is 9.55 Å². The quantitative estimate of drug-likeness (QED) is 0.770. The summed E-state index contributed by atoms with van der Waals surface area (Å²) in [6.45, 7) is 0.712. The van der Waals surface area contributed by atoms with Gasteiger partial charge in [0.05, 0.1) is 21.9 Å². The lowest BCUT2D eigenvalue weighted by molar-refractivity contribution is 0.853. The van der Waals surface area contributed by atoms with E-state index in [0.717, 1.165) is 15.4 Å². The predicted octanol–water partition coefficient (Wildman–Crippen LogP) is 3.38. The van der Waals surface area contributed by atoms with Gasteiger partial charge in [0.25, 0.3) is 0 Å². The molecule has 2 heterocycles. The van der Waals surface area contributed by atoms with Gasteiger partial charge in [-0.3, -0.25) is 0 Å². The number of imidazole rings is 1. The van der Waals surface area contributed by atoms with Crippen LogP contribution < -0.4 is 5.73 Å². The molecule has 0 aliphatic heterocycles. The Kier molecular flexibility index (Phi) is 2.53. The van der Waals surface area contributed by atoms with Crippen molar-refractivity contribution in [2.75, 3.05) is 5.73 Å². The molecule has 0 fully saturated rings. The molecule has 0 aliphatic rings. The summed E-state index contributed by atoms with van der Waals surface area (Å²) in [6, 6.07) is 11.8. The first-order valence-electron chi connectivity index (χ1n) is 5.19. The van der Waals surface area contributed by atoms with Crippen molar-refractivity contribution in [2.24, 2.45) is 0 Å². The van der Waals surface area contributed by atoms with Crippen LogP contribution in [0.2, 0.25) is 4.34 Å². The van der Waals surface area contributed by atoms with Crippen LogP contribution in [0.3, 0.4) is 0 Å². The number of nitrogens with zero attached hydrogens (tertiary/aromatic N) is 2. The largest absolute Gasteiger partial charge is 0.369 e. The van der Waals surface area contributed by atoms with Crippen molar-refractivity contribution in [2.45, 2.75) is 6.54 Å². The van der Waals surface area contributed by atoms with Gasteiger partial charge in [-0.15, -0.1) is 11.3 Å². The molecule has 0 spiro atoms. The normalized spacial score (nSPS) is 11.1. The molecule has 2 N–H and O–H groups in total. The SMILES string of the molecule is Nc1nc2ccccc2n1Cc1ccc(Cl)s1. The number of fused-ring (bicyclic) bond motifs is 1. The van der Waals surface area contributed by atoms with Gasteiger partial charge in [0.2, 0.25) is 5.95 Å². The second-order valence-electron chi connectivity index (χ2n) is 3.75. The number of benzene rings is 1. The summed E-state index contributed by atoms with van der Waals surface area (Å²) < 4.78 is 2.79. The lowest BCUT2D eigenvalue weighted by Crippen LogP contribution is -2.03. The molecule has 0 bridgehead atoms. The molecule has 3 nitrogen and oxygen atoms in total. The molecule has 0 atom stereocenters. The Morgan fingerprint density at radius 1 is 1.24 bits per heavy atom. The fourth-order valence-corrected chi connectivity index (χ4v) is 2.93. The highest BCUT2D eigenvalue weighted by Crippen LogP contribution is 2.25. The fraction of sp³-hybridized carbons (Fsp3) is 0.0833. The first-order valence-corrected chi connectivity index (χ1v) is 6.38. The Morgan fingerprint density at radius 3 is 2.82 bits per heavy atom. The van der Waals surface area contributed by atoms with Crippen molar-refractivity contribution in [3.05, 3.63) is 45.6 Å². The zero-order valence-corrected chi connectivity index (χ0v) is 10.5. The van der Waals surface area contributed by atoms with Crippen molar-refractivity contribution < 1.29 is 0 Å². The van der Waals surface area contributed by atoms with E-state index in [-0.39, 0.29) is 0 Å². The number of rotatable bonds is 2. The van der Waals surface area contributed by atoms with Crippen LogP contribution in [0.25, 0.3) is 11.0 Å². The van der Waals surface area contributed by atoms with Crippen molar-refractivity contribution in [3.8, 4) is 0 Å². The zero-order chi connectivity index (χ0) is 11.8. The Morgan fingerprint density at radius 2 is 2.06 bits per heavy atom. The third-order valence-corrected chi connectivity index (χ3v) is 3.84. The monoisotopic (exact) mass is 263 g/mol. The number of nitrogen functional groups attached to an aromatic ring is 1. The van der Waals surface area contributed by atoms with Gasteiger partial charge < -0.3 is 10.3 Å². The summed E-state index contributed by atoms with van der Waals surface area (Å²) in [5, 5.41) is 0. The first kappa shape index (κ1) is 10.6. The minimum Gasteiger partial charge on any atom is -0.369 e. The van der Waals surface area contributed by atoms with Gasteiger partial charge in [0.1, 0.15) is 0 Å². The Labute approximate surface area is 107 Å². The molecular weight excluding hydrogens is 254 g/mol. The van der Waals surface area contributed by atoms with E-state index in [2.05, 4.69) is 4.98 Å². The third-order valence-electron chi connectivity index (χ3n) is 2.63. The maximum absolute atomic E-state index is 5.93. The van der Waals surface area contributed by atoms with Gasteiger partial charge in [0.15, 0.2) is 0 Å². The average molecular weight is 264 g/mol. The minimum atomic E-state index is 0.538. The highest BCUT2D eigenvalue weighted by molar-refractivity contribution is 7.16. The van der Waals surface area contributed by atoms with Crippen LogP contribution >= 0.6 is 22.9 Å². The van der Waals surface area contributed by atoms with E-state index in [1.165, 1.54) is 4.88 Å². The molecule has 3 rings (SSSR count). The number of nitrogens with two attached hydrogens (primary N) is 1. The van der Waals surface area contributed by atoms with Crippen molar-refractivity contribution in [1.29, 1.82) is 0 Å². The van der Waals surface area contributed by atoms with Crippen molar-refractivity contribution in [1.82, 2.24) is 9.55 Å². The van der Waals surface area contributed by atoms with Gasteiger partial charge in [0, 0.05) is 4.88 Å². The van der Waals surface area contributed by atoms with E-state index in [4.69, 9.17) is 17.3 Å². The van der Waals surface area contributed by atoms with Crippen LogP contribution in [0.5, 0.6) is 0 Å². The number of hydrogen-bond acceptors (Lipinski definition) is 3. The molecular formula is C12H10ClN3S. The van der Waals surface area contributed by atoms with Gasteiger partial charge >= 0.3 is 0 Å². The Balaban J connectivity index is 2.08. The van der Waals surface area contributed by atoms with Gasteiger partial charge in [-0.25, -0.2) is 4.98 Å². The lowest BCUT2D eigenvalue weighted by atomic mass is 10.3. The van der Waals surface area contributed by atoms with E-state index in [1.54, 1.807) is 11.3 Å². The molecule has 0 amide bonds. The third kappa shape index (κ3) is 1.90. The van der Waals surface area contributed by atoms with Crippen molar-refractivity contribution >= 4 is 39.9 Å². The molecule has 0 aliphatic carbocycles. The number of thiophene rings is 1. The summed E-state index contributed by atoms with van der Waals surface area (Å²) in [5.74, 6) is 0.538. The smallest absolute Gasteiger partial charge is 0.201 e. The highest BCUT2D eigenvalue weighted by Gasteiger charge is 2.08. The maximum Gasteiger partial charge on any atom is 0.201 e. The van der Waals surface area contributed by atoms with Crippen LogP contribution in [0, 0.1) is 0 Å². The van der Waals surface area contributed by atoms with Crippen LogP contribution in [-0.2, 0) is 6.54 Å². The minimum absolute atomic E-state index is 0.538. The summed E-state index contributed by atoms with van der Waals surface area (Å²) >= 11 is 7.49. The number of anilines is 1. The molecule has 0 unspecified atom stereocenters. The van der Waals surface area contributed by atoms with Crippen LogP contribution in [0.4, 0.5) is 5.95 Å². The number of hydrogen-bond donors (Lipinski definition) is 1. The fourth-order valence-electron chi connectivity index (χ4n) is 1.85. The van der Waals surface area contributed by atoms with E-state index in [1.807, 2.05) is 41.0 Å². The van der Waals surface area contributed by atoms with Crippen molar-refractivity contribution in [3.63, 3.8) is 0 Å². The Bertz CT molecular complexity index is 671. The molecule has 0 saturated heterocycles. The number of halogens is 1. The molecule has 0 radical (unpaired) electrons. The van der Waals surface area contributed by atoms with Gasteiger partial charge in [-0.1, -0.05) is 23.7 Å². The van der Waals surface area contributed by atoms with Gasteiger partial charge in [-0.05, 0) is 24.3 Å². The van der Waals surface area contributed by atoms with E-state index in [9.17, 15) is 0 Å². The molecule has 17 heavy (non-hydrogen) atoms. The highest BCUT2D eigenvalue weighted by atomic mass is 35.5. The molecule has 3 aromatic rings. The second kappa shape index (κ2) is 4.05.